The zero-order valence-corrected chi connectivity index (χ0v) is 30.2. The molecule has 0 N–H and O–H groups in total. The molecule has 12 heteroatoms. The van der Waals surface area contributed by atoms with Gasteiger partial charge in [0, 0.05) is 37.1 Å². The number of unbranched alkanes of at least 4 members (excludes halogenated alkanes) is 9. The highest BCUT2D eigenvalue weighted by Gasteiger charge is 2.35. The van der Waals surface area contributed by atoms with Crippen molar-refractivity contribution in [3.05, 3.63) is 50.6 Å². The second-order valence-electron chi connectivity index (χ2n) is 12.3. The van der Waals surface area contributed by atoms with Crippen LogP contribution in [0.5, 0.6) is 0 Å². The van der Waals surface area contributed by atoms with Crippen LogP contribution in [0, 0.1) is 10.8 Å². The minimum absolute atomic E-state index is 0.0536. The molecule has 282 valence electrons. The van der Waals surface area contributed by atoms with Gasteiger partial charge in [0.05, 0.1) is 10.8 Å². The highest BCUT2D eigenvalue weighted by Crippen LogP contribution is 2.26. The molecule has 0 amide bonds. The number of carbonyl (C=O) groups is 6. The van der Waals surface area contributed by atoms with Crippen LogP contribution >= 0.6 is 0 Å². The molecule has 0 atom stereocenters. The van der Waals surface area contributed by atoms with Crippen LogP contribution in [0.15, 0.2) is 50.6 Å². The van der Waals surface area contributed by atoms with Crippen molar-refractivity contribution in [2.45, 2.75) is 104 Å². The largest absolute Gasteiger partial charge is 0.465 e. The van der Waals surface area contributed by atoms with Crippen molar-refractivity contribution in [3.8, 4) is 0 Å². The maximum Gasteiger partial charge on any atom is 0.330 e. The summed E-state index contributed by atoms with van der Waals surface area (Å²) in [5, 5.41) is 0. The van der Waals surface area contributed by atoms with Crippen LogP contribution in [0.25, 0.3) is 0 Å². The van der Waals surface area contributed by atoms with Gasteiger partial charge in [0.15, 0.2) is 0 Å². The second kappa shape index (κ2) is 27.6. The second-order valence-corrected chi connectivity index (χ2v) is 12.3. The van der Waals surface area contributed by atoms with E-state index in [2.05, 4.69) is 26.3 Å². The molecule has 0 saturated carbocycles. The molecule has 0 aromatic heterocycles. The fraction of sp³-hybridized carbons (Fsp3) is 0.632. The van der Waals surface area contributed by atoms with Crippen LogP contribution in [-0.4, -0.2) is 75.5 Å². The maximum atomic E-state index is 12.4. The Bertz CT molecular complexity index is 975. The minimum atomic E-state index is -0.868. The van der Waals surface area contributed by atoms with Crippen LogP contribution in [0.2, 0.25) is 0 Å². The molecule has 0 unspecified atom stereocenters. The van der Waals surface area contributed by atoms with Crippen LogP contribution in [0.1, 0.15) is 104 Å². The normalized spacial score (nSPS) is 11.0. The molecule has 0 aliphatic carbocycles. The molecule has 0 bridgehead atoms. The summed E-state index contributed by atoms with van der Waals surface area (Å²) in [5.74, 6) is -3.18. The minimum Gasteiger partial charge on any atom is -0.465 e. The number of rotatable bonds is 31. The summed E-state index contributed by atoms with van der Waals surface area (Å²) in [6, 6.07) is 0. The van der Waals surface area contributed by atoms with E-state index in [1.54, 1.807) is 0 Å². The Morgan fingerprint density at radius 1 is 0.400 bits per heavy atom. The number of carbonyl (C=O) groups excluding carboxylic acids is 6. The molecule has 0 saturated heterocycles. The Kier molecular flexibility index (Phi) is 25.3. The maximum absolute atomic E-state index is 12.4. The fourth-order valence-corrected chi connectivity index (χ4v) is 4.56. The predicted molar refractivity (Wildman–Crippen MR) is 187 cm³/mol. The van der Waals surface area contributed by atoms with Gasteiger partial charge in [0.1, 0.15) is 39.6 Å². The zero-order valence-electron chi connectivity index (χ0n) is 30.2. The molecule has 50 heavy (non-hydrogen) atoms. The Hall–Kier alpha value is -4.22. The van der Waals surface area contributed by atoms with Crippen molar-refractivity contribution < 1.29 is 57.2 Å². The van der Waals surface area contributed by atoms with Crippen LogP contribution in [0.3, 0.4) is 0 Å². The number of esters is 6. The van der Waals surface area contributed by atoms with Crippen molar-refractivity contribution in [1.82, 2.24) is 0 Å². The fourth-order valence-electron chi connectivity index (χ4n) is 4.56. The van der Waals surface area contributed by atoms with Gasteiger partial charge in [-0.05, 0) is 25.7 Å². The van der Waals surface area contributed by atoms with Gasteiger partial charge in [-0.15, -0.1) is 0 Å². The zero-order chi connectivity index (χ0) is 37.7. The first-order chi connectivity index (χ1) is 23.9. The summed E-state index contributed by atoms with van der Waals surface area (Å²) in [6.45, 7) is 16.7. The highest BCUT2D eigenvalue weighted by molar-refractivity contribution is 5.82. The summed E-state index contributed by atoms with van der Waals surface area (Å²) >= 11 is 0. The van der Waals surface area contributed by atoms with Crippen molar-refractivity contribution in [2.24, 2.45) is 10.8 Å². The van der Waals surface area contributed by atoms with E-state index in [1.165, 1.54) is 0 Å². The van der Waals surface area contributed by atoms with Crippen LogP contribution < -0.4 is 0 Å². The average molecular weight is 707 g/mol. The Labute approximate surface area is 297 Å². The van der Waals surface area contributed by atoms with E-state index in [1.807, 2.05) is 13.8 Å². The number of hydrogen-bond donors (Lipinski definition) is 0. The molecule has 0 aromatic rings. The lowest BCUT2D eigenvalue weighted by atomic mass is 9.88. The lowest BCUT2D eigenvalue weighted by Gasteiger charge is -2.30. The number of hydrogen-bond acceptors (Lipinski definition) is 12. The SMILES string of the molecule is C=CC(=O)OCC(CC)(COC(=O)C=C)COC(=O)CCCCCCCCCCCCC(=O)OCC(CC)(COC(=O)C=C)COC(=O)C=C. The molecule has 0 rings (SSSR count). The first-order valence-electron chi connectivity index (χ1n) is 17.4. The first kappa shape index (κ1) is 45.8. The Morgan fingerprint density at radius 3 is 0.840 bits per heavy atom. The molecular weight excluding hydrogens is 648 g/mol. The van der Waals surface area contributed by atoms with Gasteiger partial charge in [-0.3, -0.25) is 9.59 Å². The Morgan fingerprint density at radius 2 is 0.620 bits per heavy atom. The summed E-state index contributed by atoms with van der Waals surface area (Å²) in [6.07, 6.45) is 15.1. The highest BCUT2D eigenvalue weighted by atomic mass is 16.6. The van der Waals surface area contributed by atoms with Gasteiger partial charge in [-0.2, -0.15) is 0 Å². The standard InChI is InChI=1S/C38H58O12/c1-7-31(39)45-25-37(11-5,26-46-32(40)8-2)29-49-35(43)23-21-19-17-15-13-14-16-18-20-22-24-36(44)50-30-38(12-6,27-47-33(41)9-3)28-48-34(42)10-4/h7-10H,1-4,11-30H2,5-6H3. The summed E-state index contributed by atoms with van der Waals surface area (Å²) in [7, 11) is 0. The number of ether oxygens (including phenoxy) is 6. The summed E-state index contributed by atoms with van der Waals surface area (Å²) in [4.78, 5) is 71.0. The van der Waals surface area contributed by atoms with Crippen molar-refractivity contribution in [3.63, 3.8) is 0 Å². The third-order valence-electron chi connectivity index (χ3n) is 8.34. The smallest absolute Gasteiger partial charge is 0.330 e. The van der Waals surface area contributed by atoms with Gasteiger partial charge in [-0.25, -0.2) is 19.2 Å². The lowest BCUT2D eigenvalue weighted by molar-refractivity contribution is -0.161. The van der Waals surface area contributed by atoms with Gasteiger partial charge in [0.2, 0.25) is 0 Å². The molecule has 0 aliphatic rings. The Balaban J connectivity index is 4.23. The third kappa shape index (κ3) is 21.7. The first-order valence-corrected chi connectivity index (χ1v) is 17.4. The van der Waals surface area contributed by atoms with E-state index < -0.39 is 34.7 Å². The molecule has 0 spiro atoms. The quantitative estimate of drug-likeness (QED) is 0.0336. The molecule has 0 heterocycles. The molecule has 0 aromatic carbocycles. The predicted octanol–water partition coefficient (Wildman–Crippen LogP) is 6.46. The van der Waals surface area contributed by atoms with Crippen LogP contribution in [-0.2, 0) is 57.2 Å². The van der Waals surface area contributed by atoms with Crippen LogP contribution in [0.4, 0.5) is 0 Å². The van der Waals surface area contributed by atoms with E-state index in [9.17, 15) is 28.8 Å². The summed E-state index contributed by atoms with van der Waals surface area (Å²) in [5.41, 5.74) is -1.74. The van der Waals surface area contributed by atoms with Crippen molar-refractivity contribution >= 4 is 35.8 Å². The molecule has 0 radical (unpaired) electrons. The molecule has 0 aliphatic heterocycles. The van der Waals surface area contributed by atoms with Crippen molar-refractivity contribution in [1.29, 1.82) is 0 Å². The van der Waals surface area contributed by atoms with Gasteiger partial charge in [-0.1, -0.05) is 91.5 Å². The van der Waals surface area contributed by atoms with Gasteiger partial charge >= 0.3 is 35.8 Å². The van der Waals surface area contributed by atoms with Gasteiger partial charge in [0.25, 0.3) is 0 Å². The van der Waals surface area contributed by atoms with E-state index in [-0.39, 0.29) is 64.4 Å². The van der Waals surface area contributed by atoms with Gasteiger partial charge < -0.3 is 28.4 Å². The third-order valence-corrected chi connectivity index (χ3v) is 8.34. The van der Waals surface area contributed by atoms with Crippen molar-refractivity contribution in [2.75, 3.05) is 39.6 Å². The average Bonchev–Trinajstić information content (AvgIpc) is 3.14. The molecule has 12 nitrogen and oxygen atoms in total. The monoisotopic (exact) mass is 706 g/mol. The van der Waals surface area contributed by atoms with E-state index in [0.29, 0.717) is 25.7 Å². The summed E-state index contributed by atoms with van der Waals surface area (Å²) < 4.78 is 31.6. The topological polar surface area (TPSA) is 158 Å². The molecular formula is C38H58O12. The molecule has 0 fully saturated rings. The van der Waals surface area contributed by atoms with E-state index in [4.69, 9.17) is 28.4 Å². The lowest BCUT2D eigenvalue weighted by Crippen LogP contribution is -2.38. The van der Waals surface area contributed by atoms with E-state index in [0.717, 1.165) is 75.7 Å². The van der Waals surface area contributed by atoms with E-state index >= 15 is 0 Å².